The van der Waals surface area contributed by atoms with E-state index in [9.17, 15) is 9.90 Å². The fourth-order valence-electron chi connectivity index (χ4n) is 3.02. The number of benzene rings is 2. The van der Waals surface area contributed by atoms with Gasteiger partial charge in [0.05, 0.1) is 11.3 Å². The van der Waals surface area contributed by atoms with Crippen molar-refractivity contribution in [3.63, 3.8) is 0 Å². The molecule has 0 unspecified atom stereocenters. The van der Waals surface area contributed by atoms with Crippen LogP contribution < -0.4 is 0 Å². The Morgan fingerprint density at radius 3 is 2.59 bits per heavy atom. The lowest BCUT2D eigenvalue weighted by Gasteiger charge is -2.10. The van der Waals surface area contributed by atoms with E-state index in [2.05, 4.69) is 9.97 Å². The summed E-state index contributed by atoms with van der Waals surface area (Å²) in [6.07, 6.45) is 3.49. The number of rotatable bonds is 4. The average Bonchev–Trinajstić information content (AvgIpc) is 3.19. The molecule has 4 nitrogen and oxygen atoms in total. The SMILES string of the molecule is Cc1ccccc1-c1ccc(-c2nc(-c3cccnc3)cs2)cc1C(=O)O. The van der Waals surface area contributed by atoms with E-state index in [1.54, 1.807) is 18.5 Å². The van der Waals surface area contributed by atoms with Gasteiger partial charge in [0.15, 0.2) is 0 Å². The van der Waals surface area contributed by atoms with Gasteiger partial charge >= 0.3 is 5.97 Å². The predicted molar refractivity (Wildman–Crippen MR) is 108 cm³/mol. The second kappa shape index (κ2) is 7.13. The Hall–Kier alpha value is -3.31. The number of aromatic carboxylic acids is 1. The highest BCUT2D eigenvalue weighted by Crippen LogP contribution is 2.33. The third-order valence-corrected chi connectivity index (χ3v) is 5.29. The summed E-state index contributed by atoms with van der Waals surface area (Å²) in [5, 5.41) is 12.5. The Labute approximate surface area is 160 Å². The number of aryl methyl sites for hydroxylation is 1. The number of carboxylic acid groups (broad SMARTS) is 1. The molecule has 0 spiro atoms. The fraction of sp³-hybridized carbons (Fsp3) is 0.0455. The van der Waals surface area contributed by atoms with Gasteiger partial charge in [-0.2, -0.15) is 0 Å². The van der Waals surface area contributed by atoms with Crippen molar-refractivity contribution in [1.82, 2.24) is 9.97 Å². The van der Waals surface area contributed by atoms with Crippen LogP contribution in [0.5, 0.6) is 0 Å². The molecule has 4 aromatic rings. The van der Waals surface area contributed by atoms with Crippen LogP contribution in [0.15, 0.2) is 72.4 Å². The Balaban J connectivity index is 1.78. The number of carbonyl (C=O) groups is 1. The Morgan fingerprint density at radius 2 is 1.85 bits per heavy atom. The van der Waals surface area contributed by atoms with Crippen LogP contribution in [-0.2, 0) is 0 Å². The van der Waals surface area contributed by atoms with Crippen LogP contribution in [0.25, 0.3) is 33.0 Å². The topological polar surface area (TPSA) is 63.1 Å². The van der Waals surface area contributed by atoms with Crippen molar-refractivity contribution in [3.05, 3.63) is 83.5 Å². The maximum atomic E-state index is 11.9. The molecule has 1 N–H and O–H groups in total. The van der Waals surface area contributed by atoms with Gasteiger partial charge in [-0.15, -0.1) is 11.3 Å². The van der Waals surface area contributed by atoms with Gasteiger partial charge in [-0.05, 0) is 41.8 Å². The van der Waals surface area contributed by atoms with Gasteiger partial charge in [-0.3, -0.25) is 4.98 Å². The van der Waals surface area contributed by atoms with E-state index in [-0.39, 0.29) is 5.56 Å². The van der Waals surface area contributed by atoms with Crippen molar-refractivity contribution < 1.29 is 9.90 Å². The van der Waals surface area contributed by atoms with Gasteiger partial charge in [-0.1, -0.05) is 36.4 Å². The van der Waals surface area contributed by atoms with Gasteiger partial charge in [0.25, 0.3) is 0 Å². The summed E-state index contributed by atoms with van der Waals surface area (Å²) in [7, 11) is 0. The van der Waals surface area contributed by atoms with Crippen molar-refractivity contribution in [2.75, 3.05) is 0 Å². The summed E-state index contributed by atoms with van der Waals surface area (Å²) in [6.45, 7) is 1.98. The van der Waals surface area contributed by atoms with E-state index in [0.717, 1.165) is 33.0 Å². The quantitative estimate of drug-likeness (QED) is 0.510. The van der Waals surface area contributed by atoms with E-state index in [1.807, 2.05) is 60.8 Å². The molecule has 0 aliphatic heterocycles. The first-order chi connectivity index (χ1) is 13.1. The zero-order valence-corrected chi connectivity index (χ0v) is 15.4. The summed E-state index contributed by atoms with van der Waals surface area (Å²) in [4.78, 5) is 20.7. The van der Waals surface area contributed by atoms with Crippen LogP contribution in [-0.4, -0.2) is 21.0 Å². The predicted octanol–water partition coefficient (Wildman–Crippen LogP) is 5.55. The lowest BCUT2D eigenvalue weighted by atomic mass is 9.94. The van der Waals surface area contributed by atoms with Crippen LogP contribution >= 0.6 is 11.3 Å². The number of hydrogen-bond acceptors (Lipinski definition) is 4. The maximum absolute atomic E-state index is 11.9. The lowest BCUT2D eigenvalue weighted by molar-refractivity contribution is 0.0698. The second-order valence-corrected chi connectivity index (χ2v) is 7.02. The molecule has 0 fully saturated rings. The molecule has 0 amide bonds. The molecule has 0 bridgehead atoms. The number of pyridine rings is 1. The first kappa shape index (κ1) is 17.1. The first-order valence-corrected chi connectivity index (χ1v) is 9.31. The van der Waals surface area contributed by atoms with Crippen LogP contribution in [0, 0.1) is 6.92 Å². The molecular formula is C22H16N2O2S. The molecule has 0 aliphatic rings. The minimum atomic E-state index is -0.945. The maximum Gasteiger partial charge on any atom is 0.336 e. The van der Waals surface area contributed by atoms with Crippen molar-refractivity contribution in [2.45, 2.75) is 6.92 Å². The van der Waals surface area contributed by atoms with E-state index in [0.29, 0.717) is 5.56 Å². The van der Waals surface area contributed by atoms with E-state index in [1.165, 1.54) is 11.3 Å². The standard InChI is InChI=1S/C22H16N2O2S/c1-14-5-2-3-7-17(14)18-9-8-15(11-19(18)22(25)26)21-24-20(13-27-21)16-6-4-10-23-12-16/h2-13H,1H3,(H,25,26). The lowest BCUT2D eigenvalue weighted by Crippen LogP contribution is -2.01. The second-order valence-electron chi connectivity index (χ2n) is 6.16. The van der Waals surface area contributed by atoms with E-state index < -0.39 is 5.97 Å². The molecule has 0 aliphatic carbocycles. The van der Waals surface area contributed by atoms with Gasteiger partial charge < -0.3 is 5.11 Å². The number of thiazole rings is 1. The average molecular weight is 372 g/mol. The Bertz CT molecular complexity index is 1120. The van der Waals surface area contributed by atoms with Crippen LogP contribution in [0.2, 0.25) is 0 Å². The van der Waals surface area contributed by atoms with Gasteiger partial charge in [0.1, 0.15) is 5.01 Å². The third-order valence-electron chi connectivity index (χ3n) is 4.39. The molecule has 2 aromatic heterocycles. The first-order valence-electron chi connectivity index (χ1n) is 8.43. The highest BCUT2D eigenvalue weighted by Gasteiger charge is 2.16. The molecule has 5 heteroatoms. The molecule has 0 saturated heterocycles. The monoisotopic (exact) mass is 372 g/mol. The zero-order chi connectivity index (χ0) is 18.8. The minimum Gasteiger partial charge on any atom is -0.478 e. The minimum absolute atomic E-state index is 0.278. The number of aromatic nitrogens is 2. The van der Waals surface area contributed by atoms with E-state index >= 15 is 0 Å². The number of hydrogen-bond donors (Lipinski definition) is 1. The van der Waals surface area contributed by atoms with Crippen LogP contribution in [0.4, 0.5) is 0 Å². The van der Waals surface area contributed by atoms with E-state index in [4.69, 9.17) is 0 Å². The molecule has 4 rings (SSSR count). The smallest absolute Gasteiger partial charge is 0.336 e. The van der Waals surface area contributed by atoms with Crippen LogP contribution in [0.3, 0.4) is 0 Å². The van der Waals surface area contributed by atoms with Crippen molar-refractivity contribution in [3.8, 4) is 33.0 Å². The molecule has 2 heterocycles. The van der Waals surface area contributed by atoms with Gasteiger partial charge in [-0.25, -0.2) is 9.78 Å². The molecular weight excluding hydrogens is 356 g/mol. The summed E-state index contributed by atoms with van der Waals surface area (Å²) in [5.74, 6) is -0.945. The van der Waals surface area contributed by atoms with Crippen molar-refractivity contribution in [1.29, 1.82) is 0 Å². The molecule has 0 radical (unpaired) electrons. The molecule has 27 heavy (non-hydrogen) atoms. The van der Waals surface area contributed by atoms with Crippen molar-refractivity contribution in [2.24, 2.45) is 0 Å². The highest BCUT2D eigenvalue weighted by atomic mass is 32.1. The molecule has 132 valence electrons. The number of carboxylic acids is 1. The number of nitrogens with zero attached hydrogens (tertiary/aromatic N) is 2. The summed E-state index contributed by atoms with van der Waals surface area (Å²) in [6, 6.07) is 17.1. The summed E-state index contributed by atoms with van der Waals surface area (Å²) >= 11 is 1.49. The van der Waals surface area contributed by atoms with Gasteiger partial charge in [0, 0.05) is 28.9 Å². The largest absolute Gasteiger partial charge is 0.478 e. The summed E-state index contributed by atoms with van der Waals surface area (Å²) < 4.78 is 0. The van der Waals surface area contributed by atoms with Crippen LogP contribution in [0.1, 0.15) is 15.9 Å². The third kappa shape index (κ3) is 3.37. The Morgan fingerprint density at radius 1 is 1.00 bits per heavy atom. The Kier molecular flexibility index (Phi) is 4.52. The molecule has 0 saturated carbocycles. The molecule has 2 aromatic carbocycles. The van der Waals surface area contributed by atoms with Gasteiger partial charge in [0.2, 0.25) is 0 Å². The summed E-state index contributed by atoms with van der Waals surface area (Å²) in [5.41, 5.74) is 5.54. The fourth-order valence-corrected chi connectivity index (χ4v) is 3.84. The van der Waals surface area contributed by atoms with Crippen molar-refractivity contribution >= 4 is 17.3 Å². The molecule has 0 atom stereocenters. The highest BCUT2D eigenvalue weighted by molar-refractivity contribution is 7.13. The normalized spacial score (nSPS) is 10.7. The zero-order valence-electron chi connectivity index (χ0n) is 14.6.